The van der Waals surface area contributed by atoms with E-state index in [1.165, 1.54) is 35.0 Å². The lowest BCUT2D eigenvalue weighted by Crippen LogP contribution is -2.28. The van der Waals surface area contributed by atoms with Gasteiger partial charge in [-0.15, -0.1) is 11.3 Å². The quantitative estimate of drug-likeness (QED) is 0.808. The zero-order chi connectivity index (χ0) is 9.97. The number of hydrogen-bond acceptors (Lipinski definition) is 2. The van der Waals surface area contributed by atoms with Gasteiger partial charge < -0.3 is 0 Å². The van der Waals surface area contributed by atoms with Crippen molar-refractivity contribution in [3.63, 3.8) is 0 Å². The molecule has 0 bridgehead atoms. The average molecular weight is 274 g/mol. The Balaban J connectivity index is 1.93. The highest BCUT2D eigenvalue weighted by Gasteiger charge is 2.20. The third-order valence-corrected chi connectivity index (χ3v) is 4.94. The standard InChI is InChI=1S/C11H16BrNS/c1-13(9-4-2-3-5-9)8-11-10(12)6-7-14-11/h6-7,9H,2-5,8H2,1H3. The highest BCUT2D eigenvalue weighted by Crippen LogP contribution is 2.28. The summed E-state index contributed by atoms with van der Waals surface area (Å²) in [6.07, 6.45) is 5.61. The van der Waals surface area contributed by atoms with Gasteiger partial charge in [0, 0.05) is 21.9 Å². The molecule has 1 aliphatic rings. The zero-order valence-electron chi connectivity index (χ0n) is 8.50. The predicted molar refractivity (Wildman–Crippen MR) is 65.7 cm³/mol. The fourth-order valence-corrected chi connectivity index (χ4v) is 3.68. The van der Waals surface area contributed by atoms with Gasteiger partial charge in [0.1, 0.15) is 0 Å². The second-order valence-electron chi connectivity index (χ2n) is 4.05. The van der Waals surface area contributed by atoms with Crippen LogP contribution in [0.3, 0.4) is 0 Å². The van der Waals surface area contributed by atoms with E-state index in [0.29, 0.717) is 0 Å². The van der Waals surface area contributed by atoms with Gasteiger partial charge in [-0.2, -0.15) is 0 Å². The largest absolute Gasteiger partial charge is 0.298 e. The first-order chi connectivity index (χ1) is 6.77. The zero-order valence-corrected chi connectivity index (χ0v) is 10.9. The minimum atomic E-state index is 0.823. The molecule has 1 aromatic heterocycles. The molecule has 1 heterocycles. The summed E-state index contributed by atoms with van der Waals surface area (Å²) in [5.74, 6) is 0. The number of halogens is 1. The lowest BCUT2D eigenvalue weighted by atomic mass is 10.2. The van der Waals surface area contributed by atoms with E-state index in [4.69, 9.17) is 0 Å². The van der Waals surface area contributed by atoms with Gasteiger partial charge in [0.2, 0.25) is 0 Å². The van der Waals surface area contributed by atoms with Crippen molar-refractivity contribution in [2.24, 2.45) is 0 Å². The van der Waals surface area contributed by atoms with Gasteiger partial charge in [-0.05, 0) is 47.3 Å². The SMILES string of the molecule is CN(Cc1sccc1Br)C1CCCC1. The summed E-state index contributed by atoms with van der Waals surface area (Å²) < 4.78 is 1.27. The molecule has 0 saturated heterocycles. The van der Waals surface area contributed by atoms with Gasteiger partial charge in [-0.1, -0.05) is 12.8 Å². The first-order valence-electron chi connectivity index (χ1n) is 5.19. The highest BCUT2D eigenvalue weighted by molar-refractivity contribution is 9.10. The van der Waals surface area contributed by atoms with Crippen LogP contribution in [0.25, 0.3) is 0 Å². The molecule has 0 N–H and O–H groups in total. The van der Waals surface area contributed by atoms with Crippen molar-refractivity contribution in [2.75, 3.05) is 7.05 Å². The summed E-state index contributed by atoms with van der Waals surface area (Å²) in [7, 11) is 2.25. The Morgan fingerprint density at radius 3 is 2.79 bits per heavy atom. The summed E-state index contributed by atoms with van der Waals surface area (Å²) in [6, 6.07) is 2.96. The van der Waals surface area contributed by atoms with Gasteiger partial charge in [0.15, 0.2) is 0 Å². The lowest BCUT2D eigenvalue weighted by Gasteiger charge is -2.23. The van der Waals surface area contributed by atoms with E-state index in [1.807, 2.05) is 11.3 Å². The Morgan fingerprint density at radius 1 is 1.50 bits per heavy atom. The van der Waals surface area contributed by atoms with Gasteiger partial charge in [0.25, 0.3) is 0 Å². The number of rotatable bonds is 3. The average Bonchev–Trinajstić information content (AvgIpc) is 2.77. The molecule has 0 unspecified atom stereocenters. The molecule has 14 heavy (non-hydrogen) atoms. The van der Waals surface area contributed by atoms with Crippen LogP contribution in [0.15, 0.2) is 15.9 Å². The smallest absolute Gasteiger partial charge is 0.0339 e. The normalized spacial score (nSPS) is 18.2. The van der Waals surface area contributed by atoms with Crippen LogP contribution in [0.5, 0.6) is 0 Å². The molecule has 1 nitrogen and oxygen atoms in total. The van der Waals surface area contributed by atoms with Crippen LogP contribution in [0.1, 0.15) is 30.6 Å². The maximum absolute atomic E-state index is 3.59. The van der Waals surface area contributed by atoms with E-state index in [-0.39, 0.29) is 0 Å². The van der Waals surface area contributed by atoms with Gasteiger partial charge >= 0.3 is 0 Å². The Kier molecular flexibility index (Phi) is 3.63. The van der Waals surface area contributed by atoms with Crippen molar-refractivity contribution < 1.29 is 0 Å². The van der Waals surface area contributed by atoms with Crippen molar-refractivity contribution in [1.82, 2.24) is 4.90 Å². The molecule has 1 aliphatic carbocycles. The first-order valence-corrected chi connectivity index (χ1v) is 6.87. The molecule has 0 amide bonds. The van der Waals surface area contributed by atoms with E-state index >= 15 is 0 Å². The van der Waals surface area contributed by atoms with Crippen LogP contribution in [0.2, 0.25) is 0 Å². The summed E-state index contributed by atoms with van der Waals surface area (Å²) in [5, 5.41) is 2.15. The summed E-state index contributed by atoms with van der Waals surface area (Å²) in [4.78, 5) is 3.96. The first kappa shape index (κ1) is 10.7. The Hall–Kier alpha value is 0.140. The van der Waals surface area contributed by atoms with Crippen LogP contribution in [0, 0.1) is 0 Å². The minimum Gasteiger partial charge on any atom is -0.298 e. The van der Waals surface area contributed by atoms with Crippen LogP contribution < -0.4 is 0 Å². The molecule has 0 aliphatic heterocycles. The minimum absolute atomic E-state index is 0.823. The Bertz CT molecular complexity index is 291. The molecule has 0 atom stereocenters. The molecule has 0 radical (unpaired) electrons. The second kappa shape index (κ2) is 4.77. The molecule has 78 valence electrons. The summed E-state index contributed by atoms with van der Waals surface area (Å²) in [6.45, 7) is 1.10. The third kappa shape index (κ3) is 2.38. The molecule has 0 spiro atoms. The Morgan fingerprint density at radius 2 is 2.21 bits per heavy atom. The fourth-order valence-electron chi connectivity index (χ4n) is 2.14. The predicted octanol–water partition coefficient (Wildman–Crippen LogP) is 3.89. The van der Waals surface area contributed by atoms with E-state index in [2.05, 4.69) is 39.3 Å². The number of thiophene rings is 1. The van der Waals surface area contributed by atoms with E-state index < -0.39 is 0 Å². The molecule has 1 aromatic rings. The molecular weight excluding hydrogens is 258 g/mol. The molecule has 0 aromatic carbocycles. The van der Waals surface area contributed by atoms with E-state index in [1.54, 1.807) is 0 Å². The topological polar surface area (TPSA) is 3.24 Å². The summed E-state index contributed by atoms with van der Waals surface area (Å²) in [5.41, 5.74) is 0. The van der Waals surface area contributed by atoms with Crippen molar-refractivity contribution in [2.45, 2.75) is 38.3 Å². The summed E-state index contributed by atoms with van der Waals surface area (Å²) >= 11 is 5.44. The van der Waals surface area contributed by atoms with Crippen molar-refractivity contribution >= 4 is 27.3 Å². The van der Waals surface area contributed by atoms with Gasteiger partial charge in [-0.3, -0.25) is 4.90 Å². The maximum atomic E-state index is 3.59. The van der Waals surface area contributed by atoms with Crippen LogP contribution in [0.4, 0.5) is 0 Å². The highest BCUT2D eigenvalue weighted by atomic mass is 79.9. The monoisotopic (exact) mass is 273 g/mol. The van der Waals surface area contributed by atoms with Crippen LogP contribution in [-0.4, -0.2) is 18.0 Å². The molecule has 1 fully saturated rings. The molecule has 1 saturated carbocycles. The number of nitrogens with zero attached hydrogens (tertiary/aromatic N) is 1. The Labute approximate surface area is 98.2 Å². The van der Waals surface area contributed by atoms with Crippen molar-refractivity contribution in [3.8, 4) is 0 Å². The third-order valence-electron chi connectivity index (χ3n) is 3.03. The molecular formula is C11H16BrNS. The van der Waals surface area contributed by atoms with E-state index in [9.17, 15) is 0 Å². The number of hydrogen-bond donors (Lipinski definition) is 0. The van der Waals surface area contributed by atoms with Crippen LogP contribution >= 0.6 is 27.3 Å². The molecule has 3 heteroatoms. The lowest BCUT2D eigenvalue weighted by molar-refractivity contribution is 0.239. The second-order valence-corrected chi connectivity index (χ2v) is 5.90. The van der Waals surface area contributed by atoms with Gasteiger partial charge in [-0.25, -0.2) is 0 Å². The van der Waals surface area contributed by atoms with Crippen molar-refractivity contribution in [1.29, 1.82) is 0 Å². The van der Waals surface area contributed by atoms with Gasteiger partial charge in [0.05, 0.1) is 0 Å². The van der Waals surface area contributed by atoms with Crippen LogP contribution in [-0.2, 0) is 6.54 Å². The van der Waals surface area contributed by atoms with Crippen molar-refractivity contribution in [3.05, 3.63) is 20.8 Å². The van der Waals surface area contributed by atoms with E-state index in [0.717, 1.165) is 12.6 Å². The maximum Gasteiger partial charge on any atom is 0.0339 e. The fraction of sp³-hybridized carbons (Fsp3) is 0.636. The molecule has 2 rings (SSSR count).